The SMILES string of the molecule is CCC1Oc2ccc([N+](=O)[O-])cc2N(C(C)C(=O)c2ccc3c(c2)NC(=O)C(C)O3)C1=O. The molecule has 2 aromatic carbocycles. The van der Waals surface area contributed by atoms with Gasteiger partial charge in [-0.15, -0.1) is 0 Å². The van der Waals surface area contributed by atoms with Crippen LogP contribution in [0.2, 0.25) is 0 Å². The molecule has 2 aromatic rings. The van der Waals surface area contributed by atoms with Crippen LogP contribution in [0.4, 0.5) is 17.1 Å². The number of nitro benzene ring substituents is 1. The van der Waals surface area contributed by atoms with E-state index in [1.54, 1.807) is 32.9 Å². The third kappa shape index (κ3) is 3.53. The fourth-order valence-corrected chi connectivity index (χ4v) is 3.76. The van der Waals surface area contributed by atoms with Crippen LogP contribution in [0.5, 0.6) is 11.5 Å². The minimum absolute atomic E-state index is 0.165. The number of non-ortho nitro benzene ring substituents is 1. The van der Waals surface area contributed by atoms with Crippen molar-refractivity contribution in [3.63, 3.8) is 0 Å². The van der Waals surface area contributed by atoms with Gasteiger partial charge in [0, 0.05) is 17.7 Å². The highest BCUT2D eigenvalue weighted by molar-refractivity contribution is 6.11. The largest absolute Gasteiger partial charge is 0.479 e. The predicted molar refractivity (Wildman–Crippen MR) is 114 cm³/mol. The van der Waals surface area contributed by atoms with Crippen molar-refractivity contribution in [2.45, 2.75) is 45.4 Å². The summed E-state index contributed by atoms with van der Waals surface area (Å²) in [5.41, 5.74) is 0.566. The molecule has 0 fully saturated rings. The molecule has 3 atom stereocenters. The smallest absolute Gasteiger partial charge is 0.271 e. The summed E-state index contributed by atoms with van der Waals surface area (Å²) in [6, 6.07) is 7.61. The first-order chi connectivity index (χ1) is 15.2. The lowest BCUT2D eigenvalue weighted by atomic mass is 10.00. The molecule has 0 radical (unpaired) electrons. The number of Topliss-reactive ketones (excluding diaryl/α,β-unsaturated/α-hetero) is 1. The summed E-state index contributed by atoms with van der Waals surface area (Å²) in [4.78, 5) is 50.3. The van der Waals surface area contributed by atoms with E-state index in [0.29, 0.717) is 23.6 Å². The maximum absolute atomic E-state index is 13.3. The molecular formula is C22H21N3O7. The summed E-state index contributed by atoms with van der Waals surface area (Å²) in [7, 11) is 0. The van der Waals surface area contributed by atoms with Crippen LogP contribution in [0.25, 0.3) is 0 Å². The van der Waals surface area contributed by atoms with Crippen molar-refractivity contribution in [3.8, 4) is 11.5 Å². The molecule has 2 heterocycles. The molecule has 10 heteroatoms. The minimum atomic E-state index is -0.974. The second-order valence-electron chi connectivity index (χ2n) is 7.63. The number of anilines is 2. The number of ketones is 1. The minimum Gasteiger partial charge on any atom is -0.479 e. The second kappa shape index (κ2) is 7.95. The molecule has 0 aromatic heterocycles. The van der Waals surface area contributed by atoms with Crippen LogP contribution >= 0.6 is 0 Å². The third-order valence-corrected chi connectivity index (χ3v) is 5.53. The number of amides is 2. The Morgan fingerprint density at radius 2 is 1.91 bits per heavy atom. The van der Waals surface area contributed by atoms with Gasteiger partial charge in [-0.2, -0.15) is 0 Å². The molecule has 4 rings (SSSR count). The Morgan fingerprint density at radius 3 is 2.59 bits per heavy atom. The number of rotatable bonds is 5. The highest BCUT2D eigenvalue weighted by Gasteiger charge is 2.39. The van der Waals surface area contributed by atoms with E-state index in [1.807, 2.05) is 0 Å². The van der Waals surface area contributed by atoms with Gasteiger partial charge in [0.1, 0.15) is 11.5 Å². The van der Waals surface area contributed by atoms with Gasteiger partial charge in [-0.3, -0.25) is 29.4 Å². The number of hydrogen-bond acceptors (Lipinski definition) is 7. The Balaban J connectivity index is 1.71. The first-order valence-electron chi connectivity index (χ1n) is 10.1. The summed E-state index contributed by atoms with van der Waals surface area (Å²) in [6.07, 6.45) is -1.09. The van der Waals surface area contributed by atoms with Gasteiger partial charge in [0.05, 0.1) is 22.3 Å². The van der Waals surface area contributed by atoms with Gasteiger partial charge in [0.15, 0.2) is 18.0 Å². The lowest BCUT2D eigenvalue weighted by Crippen LogP contribution is -2.52. The maximum Gasteiger partial charge on any atom is 0.271 e. The summed E-state index contributed by atoms with van der Waals surface area (Å²) >= 11 is 0. The Hall–Kier alpha value is -3.95. The van der Waals surface area contributed by atoms with Crippen molar-refractivity contribution in [1.29, 1.82) is 0 Å². The molecule has 0 saturated heterocycles. The van der Waals surface area contributed by atoms with E-state index in [4.69, 9.17) is 9.47 Å². The van der Waals surface area contributed by atoms with Gasteiger partial charge in [0.2, 0.25) is 0 Å². The van der Waals surface area contributed by atoms with Gasteiger partial charge < -0.3 is 14.8 Å². The topological polar surface area (TPSA) is 128 Å². The predicted octanol–water partition coefficient (Wildman–Crippen LogP) is 3.09. The number of benzene rings is 2. The average Bonchev–Trinajstić information content (AvgIpc) is 2.77. The van der Waals surface area contributed by atoms with Crippen molar-refractivity contribution in [2.24, 2.45) is 0 Å². The molecule has 0 spiro atoms. The number of carbonyl (C=O) groups excluding carboxylic acids is 3. The van der Waals surface area contributed by atoms with Crippen molar-refractivity contribution in [2.75, 3.05) is 10.2 Å². The van der Waals surface area contributed by atoms with Crippen LogP contribution in [0.15, 0.2) is 36.4 Å². The molecule has 166 valence electrons. The number of nitro groups is 1. The first kappa shape index (κ1) is 21.3. The van der Waals surface area contributed by atoms with Crippen molar-refractivity contribution >= 4 is 34.7 Å². The van der Waals surface area contributed by atoms with Crippen molar-refractivity contribution < 1.29 is 28.8 Å². The molecule has 1 N–H and O–H groups in total. The van der Waals surface area contributed by atoms with E-state index in [9.17, 15) is 24.5 Å². The van der Waals surface area contributed by atoms with Crippen LogP contribution in [0.1, 0.15) is 37.6 Å². The molecule has 2 amide bonds. The third-order valence-electron chi connectivity index (χ3n) is 5.53. The lowest BCUT2D eigenvalue weighted by molar-refractivity contribution is -0.384. The standard InChI is InChI=1S/C22H21N3O7/c1-4-17-22(28)24(16-10-14(25(29)30)6-8-19(16)32-17)11(2)20(26)13-5-7-18-15(9-13)23-21(27)12(3)31-18/h5-12,17H,4H2,1-3H3,(H,23,27). The van der Waals surface area contributed by atoms with Crippen LogP contribution < -0.4 is 19.7 Å². The summed E-state index contributed by atoms with van der Waals surface area (Å²) < 4.78 is 11.2. The van der Waals surface area contributed by atoms with E-state index in [1.165, 1.54) is 29.2 Å². The molecule has 2 aliphatic rings. The Kier molecular flexibility index (Phi) is 5.29. The summed E-state index contributed by atoms with van der Waals surface area (Å²) in [5, 5.41) is 13.9. The molecule has 0 bridgehead atoms. The molecule has 0 aliphatic carbocycles. The average molecular weight is 439 g/mol. The molecule has 10 nitrogen and oxygen atoms in total. The fourth-order valence-electron chi connectivity index (χ4n) is 3.76. The van der Waals surface area contributed by atoms with Crippen LogP contribution in [0, 0.1) is 10.1 Å². The molecule has 0 saturated carbocycles. The normalized spacial score (nSPS) is 20.3. The number of ether oxygens (including phenoxy) is 2. The Bertz CT molecular complexity index is 1150. The Labute approximate surface area is 183 Å². The summed E-state index contributed by atoms with van der Waals surface area (Å²) in [6.45, 7) is 4.94. The van der Waals surface area contributed by atoms with Gasteiger partial charge in [-0.1, -0.05) is 6.92 Å². The zero-order valence-electron chi connectivity index (χ0n) is 17.7. The zero-order valence-corrected chi connectivity index (χ0v) is 17.7. The number of nitrogens with zero attached hydrogens (tertiary/aromatic N) is 2. The highest BCUT2D eigenvalue weighted by atomic mass is 16.6. The Morgan fingerprint density at radius 1 is 1.19 bits per heavy atom. The quantitative estimate of drug-likeness (QED) is 0.431. The van der Waals surface area contributed by atoms with Gasteiger partial charge in [0.25, 0.3) is 17.5 Å². The van der Waals surface area contributed by atoms with Gasteiger partial charge >= 0.3 is 0 Å². The summed E-state index contributed by atoms with van der Waals surface area (Å²) in [5.74, 6) is -0.448. The monoisotopic (exact) mass is 439 g/mol. The molecule has 3 unspecified atom stereocenters. The van der Waals surface area contributed by atoms with Gasteiger partial charge in [-0.05, 0) is 44.5 Å². The van der Waals surface area contributed by atoms with Crippen LogP contribution in [0.3, 0.4) is 0 Å². The fraction of sp³-hybridized carbons (Fsp3) is 0.318. The maximum atomic E-state index is 13.3. The lowest BCUT2D eigenvalue weighted by Gasteiger charge is -2.37. The van der Waals surface area contributed by atoms with E-state index < -0.39 is 34.9 Å². The number of carbonyl (C=O) groups is 3. The number of hydrogen-bond donors (Lipinski definition) is 1. The van der Waals surface area contributed by atoms with Gasteiger partial charge in [-0.25, -0.2) is 0 Å². The molecular weight excluding hydrogens is 418 g/mol. The van der Waals surface area contributed by atoms with Crippen molar-refractivity contribution in [3.05, 3.63) is 52.1 Å². The van der Waals surface area contributed by atoms with E-state index in [2.05, 4.69) is 5.32 Å². The molecule has 2 aliphatic heterocycles. The number of fused-ring (bicyclic) bond motifs is 2. The van der Waals surface area contributed by atoms with E-state index in [-0.39, 0.29) is 22.8 Å². The zero-order chi connectivity index (χ0) is 23.2. The van der Waals surface area contributed by atoms with Crippen molar-refractivity contribution in [1.82, 2.24) is 0 Å². The van der Waals surface area contributed by atoms with E-state index in [0.717, 1.165) is 0 Å². The van der Waals surface area contributed by atoms with E-state index >= 15 is 0 Å². The van der Waals surface area contributed by atoms with Crippen LogP contribution in [-0.4, -0.2) is 40.8 Å². The number of nitrogens with one attached hydrogen (secondary N) is 1. The van der Waals surface area contributed by atoms with Crippen LogP contribution in [-0.2, 0) is 9.59 Å². The molecule has 32 heavy (non-hydrogen) atoms. The highest BCUT2D eigenvalue weighted by Crippen LogP contribution is 2.39. The second-order valence-corrected chi connectivity index (χ2v) is 7.63. The first-order valence-corrected chi connectivity index (χ1v) is 10.1.